The Balaban J connectivity index is 1.53. The molecule has 2 aliphatic rings. The summed E-state index contributed by atoms with van der Waals surface area (Å²) in [6, 6.07) is 17.8. The molecular weight excluding hydrogens is 400 g/mol. The van der Waals surface area contributed by atoms with Crippen molar-refractivity contribution in [1.29, 1.82) is 0 Å². The molecular formula is C26H30N4O2. The topological polar surface area (TPSA) is 67.2 Å². The van der Waals surface area contributed by atoms with Crippen LogP contribution < -0.4 is 5.32 Å². The molecule has 6 nitrogen and oxygen atoms in total. The van der Waals surface area contributed by atoms with Crippen molar-refractivity contribution >= 4 is 22.8 Å². The van der Waals surface area contributed by atoms with Gasteiger partial charge in [0.15, 0.2) is 5.82 Å². The number of para-hydroxylation sites is 2. The van der Waals surface area contributed by atoms with Crippen molar-refractivity contribution in [2.24, 2.45) is 0 Å². The molecule has 0 unspecified atom stereocenters. The summed E-state index contributed by atoms with van der Waals surface area (Å²) in [5.74, 6) is 0.133. The van der Waals surface area contributed by atoms with Gasteiger partial charge in [0, 0.05) is 12.6 Å². The van der Waals surface area contributed by atoms with E-state index < -0.39 is 5.54 Å². The quantitative estimate of drug-likeness (QED) is 0.628. The number of hydrogen-bond acceptors (Lipinski definition) is 3. The largest absolute Gasteiger partial charge is 0.351 e. The lowest BCUT2D eigenvalue weighted by molar-refractivity contribution is -0.134. The molecule has 1 N–H and O–H groups in total. The number of carbonyl (C=O) groups excluding carboxylic acids is 2. The second kappa shape index (κ2) is 8.41. The molecule has 0 saturated heterocycles. The summed E-state index contributed by atoms with van der Waals surface area (Å²) in [5.41, 5.74) is 1.67. The van der Waals surface area contributed by atoms with E-state index in [1.54, 1.807) is 4.90 Å². The Hall–Kier alpha value is -3.15. The van der Waals surface area contributed by atoms with Crippen molar-refractivity contribution in [2.75, 3.05) is 0 Å². The Morgan fingerprint density at radius 2 is 1.72 bits per heavy atom. The Bertz CT molecular complexity index is 1130. The molecule has 2 amide bonds. The third-order valence-electron chi connectivity index (χ3n) is 7.02. The van der Waals surface area contributed by atoms with Gasteiger partial charge in [-0.3, -0.25) is 9.59 Å². The van der Waals surface area contributed by atoms with E-state index >= 15 is 0 Å². The summed E-state index contributed by atoms with van der Waals surface area (Å²) < 4.78 is 1.92. The average Bonchev–Trinajstić information content (AvgIpc) is 2.98. The summed E-state index contributed by atoms with van der Waals surface area (Å²) in [5, 5.41) is 3.31. The lowest BCUT2D eigenvalue weighted by atomic mass is 9.93. The van der Waals surface area contributed by atoms with Crippen LogP contribution in [0.4, 0.5) is 0 Å². The van der Waals surface area contributed by atoms with E-state index in [9.17, 15) is 9.59 Å². The molecule has 0 radical (unpaired) electrons. The van der Waals surface area contributed by atoms with Gasteiger partial charge in [-0.05, 0) is 37.5 Å². The van der Waals surface area contributed by atoms with Gasteiger partial charge in [0.1, 0.15) is 5.54 Å². The van der Waals surface area contributed by atoms with Gasteiger partial charge in [-0.15, -0.1) is 0 Å². The van der Waals surface area contributed by atoms with E-state index in [0.717, 1.165) is 42.3 Å². The molecule has 2 heterocycles. The number of aromatic nitrogens is 2. The van der Waals surface area contributed by atoms with Gasteiger partial charge in [-0.1, -0.05) is 68.1 Å². The predicted octanol–water partition coefficient (Wildman–Crippen LogP) is 4.29. The van der Waals surface area contributed by atoms with Gasteiger partial charge >= 0.3 is 0 Å². The first-order valence-corrected chi connectivity index (χ1v) is 11.7. The number of carbonyl (C=O) groups is 2. The van der Waals surface area contributed by atoms with E-state index in [1.165, 1.54) is 12.8 Å². The fourth-order valence-corrected chi connectivity index (χ4v) is 5.11. The molecule has 1 fully saturated rings. The number of benzene rings is 2. The van der Waals surface area contributed by atoms with Crippen molar-refractivity contribution in [2.45, 2.75) is 70.1 Å². The molecule has 1 aliphatic carbocycles. The maximum absolute atomic E-state index is 13.8. The van der Waals surface area contributed by atoms with Gasteiger partial charge in [0.25, 0.3) is 5.91 Å². The molecule has 32 heavy (non-hydrogen) atoms. The van der Waals surface area contributed by atoms with Crippen LogP contribution in [0.2, 0.25) is 0 Å². The van der Waals surface area contributed by atoms with Gasteiger partial charge in [0.2, 0.25) is 5.91 Å². The molecule has 2 aromatic carbocycles. The van der Waals surface area contributed by atoms with Crippen LogP contribution in [0.1, 0.15) is 61.6 Å². The standard InChI is InChI=1S/C26H30N4O2/c1-26(25(32)27-20-13-7-2-3-8-14-20)18-29-22-16-10-9-15-21(22)28-23(29)24(31)30(26)17-19-11-5-4-6-12-19/h4-6,9-12,15-16,20H,2-3,7-8,13-14,17-18H2,1H3,(H,27,32)/t26-/m1/s1. The van der Waals surface area contributed by atoms with Crippen molar-refractivity contribution in [3.63, 3.8) is 0 Å². The fraction of sp³-hybridized carbons (Fsp3) is 0.423. The molecule has 1 aromatic heterocycles. The lowest BCUT2D eigenvalue weighted by Crippen LogP contribution is -2.64. The minimum atomic E-state index is -1.00. The number of amides is 2. The molecule has 1 saturated carbocycles. The third-order valence-corrected chi connectivity index (χ3v) is 7.02. The van der Waals surface area contributed by atoms with Crippen LogP contribution >= 0.6 is 0 Å². The molecule has 1 atom stereocenters. The highest BCUT2D eigenvalue weighted by atomic mass is 16.2. The Morgan fingerprint density at radius 1 is 1.03 bits per heavy atom. The highest BCUT2D eigenvalue weighted by molar-refractivity contribution is 6.01. The summed E-state index contributed by atoms with van der Waals surface area (Å²) in [4.78, 5) is 33.8. The van der Waals surface area contributed by atoms with Crippen LogP contribution in [0, 0.1) is 0 Å². The Morgan fingerprint density at radius 3 is 2.47 bits per heavy atom. The Kier molecular flexibility index (Phi) is 5.45. The summed E-state index contributed by atoms with van der Waals surface area (Å²) in [7, 11) is 0. The van der Waals surface area contributed by atoms with Crippen LogP contribution in [0.25, 0.3) is 11.0 Å². The van der Waals surface area contributed by atoms with Crippen LogP contribution in [0.5, 0.6) is 0 Å². The average molecular weight is 431 g/mol. The monoisotopic (exact) mass is 430 g/mol. The predicted molar refractivity (Wildman–Crippen MR) is 124 cm³/mol. The van der Waals surface area contributed by atoms with Crippen LogP contribution in [-0.2, 0) is 17.9 Å². The second-order valence-electron chi connectivity index (χ2n) is 9.32. The normalized spacial score (nSPS) is 21.9. The van der Waals surface area contributed by atoms with Crippen molar-refractivity contribution < 1.29 is 9.59 Å². The fourth-order valence-electron chi connectivity index (χ4n) is 5.11. The molecule has 3 aromatic rings. The van der Waals surface area contributed by atoms with Crippen LogP contribution in [0.15, 0.2) is 54.6 Å². The van der Waals surface area contributed by atoms with Crippen LogP contribution in [-0.4, -0.2) is 37.8 Å². The summed E-state index contributed by atoms with van der Waals surface area (Å²) in [6.07, 6.45) is 6.76. The molecule has 6 heteroatoms. The smallest absolute Gasteiger partial charge is 0.291 e. The molecule has 0 bridgehead atoms. The number of rotatable bonds is 4. The third kappa shape index (κ3) is 3.68. The number of nitrogens with one attached hydrogen (secondary N) is 1. The van der Waals surface area contributed by atoms with Crippen molar-refractivity contribution in [1.82, 2.24) is 19.8 Å². The van der Waals surface area contributed by atoms with E-state index in [-0.39, 0.29) is 17.9 Å². The maximum Gasteiger partial charge on any atom is 0.291 e. The number of fused-ring (bicyclic) bond motifs is 3. The van der Waals surface area contributed by atoms with E-state index in [2.05, 4.69) is 10.3 Å². The number of hydrogen-bond donors (Lipinski definition) is 1. The zero-order chi connectivity index (χ0) is 22.1. The zero-order valence-electron chi connectivity index (χ0n) is 18.6. The van der Waals surface area contributed by atoms with Crippen molar-refractivity contribution in [3.8, 4) is 0 Å². The first-order valence-electron chi connectivity index (χ1n) is 11.7. The van der Waals surface area contributed by atoms with E-state index in [4.69, 9.17) is 0 Å². The highest BCUT2D eigenvalue weighted by Gasteiger charge is 2.48. The zero-order valence-corrected chi connectivity index (χ0v) is 18.6. The maximum atomic E-state index is 13.8. The second-order valence-corrected chi connectivity index (χ2v) is 9.32. The van der Waals surface area contributed by atoms with Crippen molar-refractivity contribution in [3.05, 3.63) is 66.0 Å². The minimum Gasteiger partial charge on any atom is -0.351 e. The molecule has 0 spiro atoms. The van der Waals surface area contributed by atoms with Crippen LogP contribution in [0.3, 0.4) is 0 Å². The molecule has 5 rings (SSSR count). The first kappa shape index (κ1) is 20.7. The number of nitrogens with zero attached hydrogens (tertiary/aromatic N) is 3. The van der Waals surface area contributed by atoms with Gasteiger partial charge < -0.3 is 14.8 Å². The molecule has 1 aliphatic heterocycles. The lowest BCUT2D eigenvalue weighted by Gasteiger charge is -2.44. The highest BCUT2D eigenvalue weighted by Crippen LogP contribution is 2.32. The SMILES string of the molecule is C[C@]1(C(=O)NC2CCCCCC2)Cn2c(nc3ccccc32)C(=O)N1Cc1ccccc1. The number of imidazole rings is 1. The summed E-state index contributed by atoms with van der Waals surface area (Å²) >= 11 is 0. The van der Waals surface area contributed by atoms with E-state index in [0.29, 0.717) is 18.9 Å². The van der Waals surface area contributed by atoms with E-state index in [1.807, 2.05) is 66.1 Å². The molecule has 166 valence electrons. The van der Waals surface area contributed by atoms with Gasteiger partial charge in [0.05, 0.1) is 17.6 Å². The minimum absolute atomic E-state index is 0.0721. The Labute approximate surface area is 188 Å². The first-order chi connectivity index (χ1) is 15.6. The van der Waals surface area contributed by atoms with Gasteiger partial charge in [-0.2, -0.15) is 0 Å². The van der Waals surface area contributed by atoms with Gasteiger partial charge in [-0.25, -0.2) is 4.98 Å². The summed E-state index contributed by atoms with van der Waals surface area (Å²) in [6.45, 7) is 2.66.